The number of nitrogens with one attached hydrogen (secondary N) is 2. The number of hydrogen-bond acceptors (Lipinski definition) is 4. The molecule has 2 aromatic rings. The van der Waals surface area contributed by atoms with Crippen molar-refractivity contribution < 1.29 is 9.21 Å². The quantitative estimate of drug-likeness (QED) is 0.890. The van der Waals surface area contributed by atoms with Gasteiger partial charge in [-0.3, -0.25) is 4.79 Å². The van der Waals surface area contributed by atoms with Crippen molar-refractivity contribution in [1.29, 1.82) is 0 Å². The maximum Gasteiger partial charge on any atom is 0.226 e. The van der Waals surface area contributed by atoms with Gasteiger partial charge in [0.25, 0.3) is 0 Å². The molecule has 0 radical (unpaired) electrons. The molecule has 0 bridgehead atoms. The standard InChI is InChI=1S/C14H17N3O2.ClH/c1-10-3-4-11(17-13(18)5-6-15-2)9-12(10)14-16-7-8-19-14;/h3-4,7-9,15H,5-6H2,1-2H3,(H,17,18);1H. The molecular weight excluding hydrogens is 278 g/mol. The molecule has 1 amide bonds. The second-order valence-corrected chi connectivity index (χ2v) is 4.27. The minimum atomic E-state index is -0.0171. The van der Waals surface area contributed by atoms with Crippen LogP contribution in [-0.4, -0.2) is 24.5 Å². The van der Waals surface area contributed by atoms with Gasteiger partial charge in [0.15, 0.2) is 0 Å². The highest BCUT2D eigenvalue weighted by molar-refractivity contribution is 5.91. The average molecular weight is 296 g/mol. The fourth-order valence-corrected chi connectivity index (χ4v) is 1.75. The van der Waals surface area contributed by atoms with Crippen LogP contribution in [0.5, 0.6) is 0 Å². The van der Waals surface area contributed by atoms with Gasteiger partial charge in [-0.05, 0) is 31.7 Å². The molecule has 0 saturated heterocycles. The Kier molecular flexibility index (Phi) is 6.21. The van der Waals surface area contributed by atoms with Crippen LogP contribution in [0.1, 0.15) is 12.0 Å². The number of nitrogens with zero attached hydrogens (tertiary/aromatic N) is 1. The van der Waals surface area contributed by atoms with Gasteiger partial charge in [-0.25, -0.2) is 4.98 Å². The number of halogens is 1. The lowest BCUT2D eigenvalue weighted by atomic mass is 10.1. The molecule has 0 aliphatic rings. The number of benzene rings is 1. The molecule has 0 aliphatic heterocycles. The second-order valence-electron chi connectivity index (χ2n) is 4.27. The summed E-state index contributed by atoms with van der Waals surface area (Å²) in [7, 11) is 1.82. The van der Waals surface area contributed by atoms with Crippen LogP contribution in [0.25, 0.3) is 11.5 Å². The number of anilines is 1. The van der Waals surface area contributed by atoms with E-state index in [1.54, 1.807) is 6.20 Å². The van der Waals surface area contributed by atoms with E-state index in [9.17, 15) is 4.79 Å². The average Bonchev–Trinajstić information content (AvgIpc) is 2.92. The molecule has 0 saturated carbocycles. The van der Waals surface area contributed by atoms with Gasteiger partial charge < -0.3 is 15.1 Å². The van der Waals surface area contributed by atoms with Crippen LogP contribution in [0.3, 0.4) is 0 Å². The Bertz CT molecular complexity index is 556. The molecule has 2 rings (SSSR count). The van der Waals surface area contributed by atoms with Crippen molar-refractivity contribution in [2.75, 3.05) is 18.9 Å². The van der Waals surface area contributed by atoms with E-state index < -0.39 is 0 Å². The van der Waals surface area contributed by atoms with Crippen LogP contribution in [0.2, 0.25) is 0 Å². The van der Waals surface area contributed by atoms with Crippen molar-refractivity contribution in [1.82, 2.24) is 10.3 Å². The summed E-state index contributed by atoms with van der Waals surface area (Å²) in [5.74, 6) is 0.542. The van der Waals surface area contributed by atoms with Crippen LogP contribution in [0, 0.1) is 6.92 Å². The van der Waals surface area contributed by atoms with E-state index >= 15 is 0 Å². The Morgan fingerprint density at radius 2 is 2.20 bits per heavy atom. The molecule has 108 valence electrons. The number of oxazole rings is 1. The highest BCUT2D eigenvalue weighted by atomic mass is 35.5. The van der Waals surface area contributed by atoms with Crippen molar-refractivity contribution in [2.45, 2.75) is 13.3 Å². The zero-order valence-electron chi connectivity index (χ0n) is 11.5. The van der Waals surface area contributed by atoms with Gasteiger partial charge in [0.1, 0.15) is 6.26 Å². The second kappa shape index (κ2) is 7.67. The zero-order chi connectivity index (χ0) is 13.7. The molecule has 1 heterocycles. The summed E-state index contributed by atoms with van der Waals surface area (Å²) in [6, 6.07) is 5.69. The fourth-order valence-electron chi connectivity index (χ4n) is 1.75. The Morgan fingerprint density at radius 3 is 2.85 bits per heavy atom. The minimum absolute atomic E-state index is 0. The van der Waals surface area contributed by atoms with E-state index in [2.05, 4.69) is 15.6 Å². The molecule has 2 N–H and O–H groups in total. The van der Waals surface area contributed by atoms with Crippen molar-refractivity contribution in [3.05, 3.63) is 36.2 Å². The lowest BCUT2D eigenvalue weighted by Crippen LogP contribution is -2.18. The van der Waals surface area contributed by atoms with Crippen LogP contribution in [-0.2, 0) is 4.79 Å². The molecule has 0 atom stereocenters. The predicted molar refractivity (Wildman–Crippen MR) is 81.1 cm³/mol. The van der Waals surface area contributed by atoms with E-state index in [1.165, 1.54) is 6.26 Å². The number of aryl methyl sites for hydroxylation is 1. The molecule has 20 heavy (non-hydrogen) atoms. The highest BCUT2D eigenvalue weighted by Gasteiger charge is 2.09. The molecule has 1 aromatic carbocycles. The number of carbonyl (C=O) groups excluding carboxylic acids is 1. The summed E-state index contributed by atoms with van der Waals surface area (Å²) < 4.78 is 5.29. The summed E-state index contributed by atoms with van der Waals surface area (Å²) >= 11 is 0. The molecule has 5 nitrogen and oxygen atoms in total. The lowest BCUT2D eigenvalue weighted by Gasteiger charge is -2.08. The first-order chi connectivity index (χ1) is 9.20. The summed E-state index contributed by atoms with van der Waals surface area (Å²) in [6.45, 7) is 2.64. The minimum Gasteiger partial charge on any atom is -0.445 e. The molecular formula is C14H18ClN3O2. The van der Waals surface area contributed by atoms with Gasteiger partial charge in [-0.15, -0.1) is 12.4 Å². The Hall–Kier alpha value is -1.85. The zero-order valence-corrected chi connectivity index (χ0v) is 12.3. The Morgan fingerprint density at radius 1 is 1.40 bits per heavy atom. The van der Waals surface area contributed by atoms with Crippen molar-refractivity contribution in [3.63, 3.8) is 0 Å². The first-order valence-electron chi connectivity index (χ1n) is 6.15. The van der Waals surface area contributed by atoms with Crippen molar-refractivity contribution in [2.24, 2.45) is 0 Å². The van der Waals surface area contributed by atoms with Crippen LogP contribution in [0.4, 0.5) is 5.69 Å². The maximum absolute atomic E-state index is 11.7. The van der Waals surface area contributed by atoms with Crippen LogP contribution >= 0.6 is 12.4 Å². The summed E-state index contributed by atoms with van der Waals surface area (Å²) in [5.41, 5.74) is 2.69. The van der Waals surface area contributed by atoms with Crippen molar-refractivity contribution >= 4 is 24.0 Å². The van der Waals surface area contributed by atoms with E-state index in [1.807, 2.05) is 32.2 Å². The number of amides is 1. The predicted octanol–water partition coefficient (Wildman–Crippen LogP) is 2.62. The van der Waals surface area contributed by atoms with Gasteiger partial charge in [0.05, 0.1) is 6.20 Å². The SMILES string of the molecule is CNCCC(=O)Nc1ccc(C)c(-c2ncco2)c1.Cl. The molecule has 0 spiro atoms. The van der Waals surface area contributed by atoms with E-state index in [0.29, 0.717) is 18.9 Å². The third-order valence-corrected chi connectivity index (χ3v) is 2.79. The van der Waals surface area contributed by atoms with Crippen LogP contribution < -0.4 is 10.6 Å². The van der Waals surface area contributed by atoms with Gasteiger partial charge in [0.2, 0.25) is 11.8 Å². The molecule has 0 fully saturated rings. The monoisotopic (exact) mass is 295 g/mol. The Labute approximate surface area is 124 Å². The van der Waals surface area contributed by atoms with Gasteiger partial charge in [0, 0.05) is 24.2 Å². The maximum atomic E-state index is 11.7. The number of hydrogen-bond donors (Lipinski definition) is 2. The smallest absolute Gasteiger partial charge is 0.226 e. The Balaban J connectivity index is 0.00000200. The summed E-state index contributed by atoms with van der Waals surface area (Å²) in [4.78, 5) is 15.8. The van der Waals surface area contributed by atoms with Crippen molar-refractivity contribution in [3.8, 4) is 11.5 Å². The van der Waals surface area contributed by atoms with Gasteiger partial charge >= 0.3 is 0 Å². The number of aromatic nitrogens is 1. The summed E-state index contributed by atoms with van der Waals surface area (Å²) in [6.07, 6.45) is 3.58. The molecule has 0 unspecified atom stereocenters. The lowest BCUT2D eigenvalue weighted by molar-refractivity contribution is -0.116. The van der Waals surface area contributed by atoms with Crippen LogP contribution in [0.15, 0.2) is 35.1 Å². The number of rotatable bonds is 5. The molecule has 0 aliphatic carbocycles. The normalized spacial score (nSPS) is 9.90. The van der Waals surface area contributed by atoms with Gasteiger partial charge in [-0.1, -0.05) is 6.07 Å². The molecule has 1 aromatic heterocycles. The summed E-state index contributed by atoms with van der Waals surface area (Å²) in [5, 5.41) is 5.80. The third kappa shape index (κ3) is 4.08. The third-order valence-electron chi connectivity index (χ3n) is 2.79. The largest absolute Gasteiger partial charge is 0.445 e. The fraction of sp³-hybridized carbons (Fsp3) is 0.286. The van der Waals surface area contributed by atoms with E-state index in [4.69, 9.17) is 4.42 Å². The first kappa shape index (κ1) is 16.2. The highest BCUT2D eigenvalue weighted by Crippen LogP contribution is 2.25. The number of carbonyl (C=O) groups is 1. The first-order valence-corrected chi connectivity index (χ1v) is 6.15. The van der Waals surface area contributed by atoms with E-state index in [0.717, 1.165) is 16.8 Å². The van der Waals surface area contributed by atoms with E-state index in [-0.39, 0.29) is 18.3 Å². The topological polar surface area (TPSA) is 67.2 Å². The van der Waals surface area contributed by atoms with Gasteiger partial charge in [-0.2, -0.15) is 0 Å². The molecule has 6 heteroatoms.